The molecule has 2 aromatic carbocycles. The zero-order valence-electron chi connectivity index (χ0n) is 13.3. The third-order valence-electron chi connectivity index (χ3n) is 3.17. The molecule has 0 aromatic heterocycles. The van der Waals surface area contributed by atoms with E-state index < -0.39 is 11.7 Å². The standard InChI is InChI=1S/C17H17ClFNO4/c1-22-15-9-12(19)13(10-16(15)23-2)20-17(21)7-8-24-14-6-4-3-5-11(14)18/h3-6,9-10H,7-8H2,1-2H3,(H,20,21). The van der Waals surface area contributed by atoms with Crippen molar-refractivity contribution < 1.29 is 23.4 Å². The highest BCUT2D eigenvalue weighted by Gasteiger charge is 2.13. The Morgan fingerprint density at radius 1 is 1.12 bits per heavy atom. The zero-order valence-corrected chi connectivity index (χ0v) is 14.0. The maximum absolute atomic E-state index is 14.0. The number of hydrogen-bond acceptors (Lipinski definition) is 4. The maximum Gasteiger partial charge on any atom is 0.227 e. The van der Waals surface area contributed by atoms with Gasteiger partial charge in [-0.1, -0.05) is 23.7 Å². The summed E-state index contributed by atoms with van der Waals surface area (Å²) in [5, 5.41) is 2.94. The minimum absolute atomic E-state index is 0.00962. The van der Waals surface area contributed by atoms with Crippen molar-refractivity contribution in [3.8, 4) is 17.2 Å². The summed E-state index contributed by atoms with van der Waals surface area (Å²) in [5.41, 5.74) is 0.00962. The van der Waals surface area contributed by atoms with Gasteiger partial charge in [0.25, 0.3) is 0 Å². The predicted octanol–water partition coefficient (Wildman–Crippen LogP) is 3.90. The number of nitrogens with one attached hydrogen (secondary N) is 1. The lowest BCUT2D eigenvalue weighted by Gasteiger charge is -2.12. The number of hydrogen-bond donors (Lipinski definition) is 1. The van der Waals surface area contributed by atoms with Crippen molar-refractivity contribution in [3.05, 3.63) is 47.2 Å². The van der Waals surface area contributed by atoms with Gasteiger partial charge in [-0.25, -0.2) is 4.39 Å². The van der Waals surface area contributed by atoms with Crippen LogP contribution in [0.2, 0.25) is 5.02 Å². The topological polar surface area (TPSA) is 56.8 Å². The number of methoxy groups -OCH3 is 2. The molecule has 1 amide bonds. The molecule has 0 saturated heterocycles. The molecule has 0 aliphatic carbocycles. The molecule has 5 nitrogen and oxygen atoms in total. The van der Waals surface area contributed by atoms with E-state index in [1.165, 1.54) is 20.3 Å². The molecule has 0 aliphatic rings. The van der Waals surface area contributed by atoms with Crippen LogP contribution in [0.1, 0.15) is 6.42 Å². The van der Waals surface area contributed by atoms with Gasteiger partial charge in [0.15, 0.2) is 17.3 Å². The molecule has 128 valence electrons. The Morgan fingerprint density at radius 3 is 2.46 bits per heavy atom. The van der Waals surface area contributed by atoms with Crippen molar-refractivity contribution in [1.29, 1.82) is 0 Å². The number of anilines is 1. The van der Waals surface area contributed by atoms with E-state index in [4.69, 9.17) is 25.8 Å². The number of para-hydroxylation sites is 1. The molecule has 7 heteroatoms. The third-order valence-corrected chi connectivity index (χ3v) is 3.48. The molecule has 0 bridgehead atoms. The number of carbonyl (C=O) groups excluding carboxylic acids is 1. The van der Waals surface area contributed by atoms with Gasteiger partial charge in [0.05, 0.1) is 38.0 Å². The van der Waals surface area contributed by atoms with Crippen molar-refractivity contribution in [1.82, 2.24) is 0 Å². The number of benzene rings is 2. The predicted molar refractivity (Wildman–Crippen MR) is 89.7 cm³/mol. The van der Waals surface area contributed by atoms with Crippen LogP contribution >= 0.6 is 11.6 Å². The van der Waals surface area contributed by atoms with E-state index in [0.29, 0.717) is 16.5 Å². The van der Waals surface area contributed by atoms with Crippen LogP contribution in [0, 0.1) is 5.82 Å². The van der Waals surface area contributed by atoms with E-state index in [-0.39, 0.29) is 24.5 Å². The van der Waals surface area contributed by atoms with Gasteiger partial charge in [0, 0.05) is 12.1 Å². The fourth-order valence-electron chi connectivity index (χ4n) is 1.98. The normalized spacial score (nSPS) is 10.2. The summed E-state index contributed by atoms with van der Waals surface area (Å²) in [6.45, 7) is 0.116. The van der Waals surface area contributed by atoms with Crippen LogP contribution in [0.5, 0.6) is 17.2 Å². The average molecular weight is 354 g/mol. The van der Waals surface area contributed by atoms with Crippen molar-refractivity contribution in [2.75, 3.05) is 26.1 Å². The van der Waals surface area contributed by atoms with Crippen LogP contribution in [-0.4, -0.2) is 26.7 Å². The molecule has 0 fully saturated rings. The Labute approximate surface area is 144 Å². The first kappa shape index (κ1) is 17.9. The third kappa shape index (κ3) is 4.52. The Kier molecular flexibility index (Phi) is 6.26. The van der Waals surface area contributed by atoms with Crippen molar-refractivity contribution in [2.24, 2.45) is 0 Å². The second-order valence-electron chi connectivity index (χ2n) is 4.76. The number of rotatable bonds is 7. The molecule has 0 unspecified atom stereocenters. The Hall–Kier alpha value is -2.47. The van der Waals surface area contributed by atoms with E-state index in [0.717, 1.165) is 6.07 Å². The number of ether oxygens (including phenoxy) is 3. The van der Waals surface area contributed by atoms with Gasteiger partial charge in [-0.3, -0.25) is 4.79 Å². The van der Waals surface area contributed by atoms with Crippen LogP contribution in [0.4, 0.5) is 10.1 Å². The van der Waals surface area contributed by atoms with Gasteiger partial charge in [-0.05, 0) is 12.1 Å². The summed E-state index contributed by atoms with van der Waals surface area (Å²) < 4.78 is 29.5. The van der Waals surface area contributed by atoms with Gasteiger partial charge in [0.1, 0.15) is 5.75 Å². The molecule has 0 aliphatic heterocycles. The van der Waals surface area contributed by atoms with Crippen LogP contribution in [0.25, 0.3) is 0 Å². The van der Waals surface area contributed by atoms with Crippen LogP contribution in [0.15, 0.2) is 36.4 Å². The Balaban J connectivity index is 1.94. The molecule has 0 radical (unpaired) electrons. The molecular weight excluding hydrogens is 337 g/mol. The average Bonchev–Trinajstić information content (AvgIpc) is 2.58. The molecule has 0 heterocycles. The first-order chi connectivity index (χ1) is 11.5. The van der Waals surface area contributed by atoms with Crippen LogP contribution < -0.4 is 19.5 Å². The number of carbonyl (C=O) groups is 1. The fraction of sp³-hybridized carbons (Fsp3) is 0.235. The largest absolute Gasteiger partial charge is 0.493 e. The van der Waals surface area contributed by atoms with Crippen molar-refractivity contribution in [2.45, 2.75) is 6.42 Å². The fourth-order valence-corrected chi connectivity index (χ4v) is 2.17. The molecule has 24 heavy (non-hydrogen) atoms. The molecule has 2 rings (SSSR count). The first-order valence-corrected chi connectivity index (χ1v) is 7.51. The quantitative estimate of drug-likeness (QED) is 0.820. The van der Waals surface area contributed by atoms with Crippen molar-refractivity contribution >= 4 is 23.2 Å². The lowest BCUT2D eigenvalue weighted by atomic mass is 10.2. The van der Waals surface area contributed by atoms with E-state index in [1.807, 2.05) is 0 Å². The van der Waals surface area contributed by atoms with Gasteiger partial charge in [-0.15, -0.1) is 0 Å². The summed E-state index contributed by atoms with van der Waals surface area (Å²) in [5.74, 6) is 0.0435. The van der Waals surface area contributed by atoms with Gasteiger partial charge in [0.2, 0.25) is 5.91 Å². The zero-order chi connectivity index (χ0) is 17.5. The molecule has 0 saturated carbocycles. The molecule has 1 N–H and O–H groups in total. The summed E-state index contributed by atoms with van der Waals surface area (Å²) in [4.78, 5) is 11.9. The molecule has 0 atom stereocenters. The van der Waals surface area contributed by atoms with E-state index in [1.54, 1.807) is 24.3 Å². The smallest absolute Gasteiger partial charge is 0.227 e. The van der Waals surface area contributed by atoms with E-state index in [9.17, 15) is 9.18 Å². The SMILES string of the molecule is COc1cc(F)c(NC(=O)CCOc2ccccc2Cl)cc1OC. The lowest BCUT2D eigenvalue weighted by Crippen LogP contribution is -2.16. The van der Waals surface area contributed by atoms with E-state index >= 15 is 0 Å². The number of amides is 1. The van der Waals surface area contributed by atoms with Crippen LogP contribution in [0.3, 0.4) is 0 Å². The maximum atomic E-state index is 14.0. The summed E-state index contributed by atoms with van der Waals surface area (Å²) in [6, 6.07) is 9.46. The monoisotopic (exact) mass is 353 g/mol. The highest BCUT2D eigenvalue weighted by molar-refractivity contribution is 6.32. The Morgan fingerprint density at radius 2 is 1.79 bits per heavy atom. The van der Waals surface area contributed by atoms with Gasteiger partial charge >= 0.3 is 0 Å². The summed E-state index contributed by atoms with van der Waals surface area (Å²) >= 11 is 5.95. The highest BCUT2D eigenvalue weighted by atomic mass is 35.5. The van der Waals surface area contributed by atoms with Gasteiger partial charge < -0.3 is 19.5 Å². The minimum atomic E-state index is -0.618. The van der Waals surface area contributed by atoms with Gasteiger partial charge in [-0.2, -0.15) is 0 Å². The van der Waals surface area contributed by atoms with Crippen molar-refractivity contribution in [3.63, 3.8) is 0 Å². The van der Waals surface area contributed by atoms with Crippen LogP contribution in [-0.2, 0) is 4.79 Å². The molecule has 2 aromatic rings. The number of halogens is 2. The summed E-state index contributed by atoms with van der Waals surface area (Å²) in [6.07, 6.45) is 0.0407. The minimum Gasteiger partial charge on any atom is -0.493 e. The Bertz CT molecular complexity index is 724. The highest BCUT2D eigenvalue weighted by Crippen LogP contribution is 2.32. The first-order valence-electron chi connectivity index (χ1n) is 7.14. The van der Waals surface area contributed by atoms with E-state index in [2.05, 4.69) is 5.32 Å². The molecule has 0 spiro atoms. The molecular formula is C17H17ClFNO4. The lowest BCUT2D eigenvalue weighted by molar-refractivity contribution is -0.116. The second kappa shape index (κ2) is 8.40. The summed E-state index contributed by atoms with van der Waals surface area (Å²) in [7, 11) is 2.83. The second-order valence-corrected chi connectivity index (χ2v) is 5.17.